The number of hydrogen-bond acceptors (Lipinski definition) is 2. The molecule has 2 rings (SSSR count). The number of rotatable bonds is 4. The minimum Gasteiger partial charge on any atom is -0.384 e. The third-order valence-electron chi connectivity index (χ3n) is 2.52. The molecule has 1 aromatic heterocycles. The number of anilines is 1. The lowest BCUT2D eigenvalue weighted by Gasteiger charge is -2.08. The van der Waals surface area contributed by atoms with Crippen molar-refractivity contribution in [3.63, 3.8) is 0 Å². The Hall–Kier alpha value is -1.36. The van der Waals surface area contributed by atoms with Crippen molar-refractivity contribution in [1.29, 1.82) is 0 Å². The van der Waals surface area contributed by atoms with Crippen molar-refractivity contribution in [1.82, 2.24) is 9.55 Å². The van der Waals surface area contributed by atoms with Crippen LogP contribution in [0.2, 0.25) is 0 Å². The van der Waals surface area contributed by atoms with E-state index in [1.807, 2.05) is 17.8 Å². The Labute approximate surface area is 108 Å². The van der Waals surface area contributed by atoms with E-state index < -0.39 is 0 Å². The molecular weight excluding hydrogens is 285 g/mol. The molecule has 0 aliphatic heterocycles. The van der Waals surface area contributed by atoms with Crippen molar-refractivity contribution in [2.24, 2.45) is 7.05 Å². The van der Waals surface area contributed by atoms with Gasteiger partial charge in [0.1, 0.15) is 11.6 Å². The Morgan fingerprint density at radius 2 is 2.29 bits per heavy atom. The maximum absolute atomic E-state index is 12.9. The van der Waals surface area contributed by atoms with Crippen molar-refractivity contribution in [2.45, 2.75) is 6.42 Å². The van der Waals surface area contributed by atoms with Gasteiger partial charge in [-0.05, 0) is 34.1 Å². The molecule has 1 N–H and O–H groups in total. The first kappa shape index (κ1) is 12.1. The molecule has 90 valence electrons. The Kier molecular flexibility index (Phi) is 3.78. The summed E-state index contributed by atoms with van der Waals surface area (Å²) in [5, 5.41) is 3.24. The second-order valence-corrected chi connectivity index (χ2v) is 4.61. The Morgan fingerprint density at radius 1 is 1.47 bits per heavy atom. The third kappa shape index (κ3) is 3.06. The summed E-state index contributed by atoms with van der Waals surface area (Å²) >= 11 is 3.32. The van der Waals surface area contributed by atoms with E-state index in [-0.39, 0.29) is 5.82 Å². The molecule has 0 unspecified atom stereocenters. The number of imidazole rings is 1. The van der Waals surface area contributed by atoms with Gasteiger partial charge in [0.15, 0.2) is 0 Å². The highest BCUT2D eigenvalue weighted by Crippen LogP contribution is 2.22. The molecule has 0 aliphatic rings. The van der Waals surface area contributed by atoms with Gasteiger partial charge in [-0.15, -0.1) is 0 Å². The zero-order chi connectivity index (χ0) is 12.3. The van der Waals surface area contributed by atoms with Crippen LogP contribution in [0.4, 0.5) is 10.1 Å². The average molecular weight is 298 g/mol. The molecule has 2 aromatic rings. The standard InChI is InChI=1S/C12H13BrFN3/c1-17-7-6-16-12(17)4-5-15-11-3-2-9(14)8-10(11)13/h2-3,6-8,15H,4-5H2,1H3. The predicted octanol–water partition coefficient (Wildman–Crippen LogP) is 2.98. The van der Waals surface area contributed by atoms with Crippen molar-refractivity contribution in [3.8, 4) is 0 Å². The quantitative estimate of drug-likeness (QED) is 0.940. The molecule has 0 fully saturated rings. The summed E-state index contributed by atoms with van der Waals surface area (Å²) in [6.45, 7) is 0.759. The monoisotopic (exact) mass is 297 g/mol. The minimum atomic E-state index is -0.244. The Balaban J connectivity index is 1.92. The van der Waals surface area contributed by atoms with E-state index in [9.17, 15) is 4.39 Å². The van der Waals surface area contributed by atoms with Crippen LogP contribution in [0.3, 0.4) is 0 Å². The second kappa shape index (κ2) is 5.31. The Morgan fingerprint density at radius 3 is 2.94 bits per heavy atom. The van der Waals surface area contributed by atoms with Gasteiger partial charge in [0, 0.05) is 42.6 Å². The van der Waals surface area contributed by atoms with E-state index in [0.717, 1.165) is 29.0 Å². The molecule has 1 aromatic carbocycles. The van der Waals surface area contributed by atoms with Crippen LogP contribution in [0, 0.1) is 5.82 Å². The van der Waals surface area contributed by atoms with E-state index in [0.29, 0.717) is 0 Å². The molecule has 17 heavy (non-hydrogen) atoms. The highest BCUT2D eigenvalue weighted by molar-refractivity contribution is 9.10. The van der Waals surface area contributed by atoms with E-state index >= 15 is 0 Å². The summed E-state index contributed by atoms with van der Waals surface area (Å²) in [4.78, 5) is 4.23. The number of aryl methyl sites for hydroxylation is 1. The van der Waals surface area contributed by atoms with Gasteiger partial charge in [-0.1, -0.05) is 0 Å². The number of hydrogen-bond donors (Lipinski definition) is 1. The van der Waals surface area contributed by atoms with Gasteiger partial charge < -0.3 is 9.88 Å². The highest BCUT2D eigenvalue weighted by Gasteiger charge is 2.02. The lowest BCUT2D eigenvalue weighted by molar-refractivity contribution is 0.627. The average Bonchev–Trinajstić information content (AvgIpc) is 2.68. The molecule has 0 spiro atoms. The summed E-state index contributed by atoms with van der Waals surface area (Å²) in [7, 11) is 1.97. The first-order valence-corrected chi connectivity index (χ1v) is 6.11. The number of benzene rings is 1. The maximum atomic E-state index is 12.9. The molecular formula is C12H13BrFN3. The van der Waals surface area contributed by atoms with Crippen LogP contribution in [0.25, 0.3) is 0 Å². The zero-order valence-electron chi connectivity index (χ0n) is 9.45. The van der Waals surface area contributed by atoms with E-state index in [2.05, 4.69) is 26.2 Å². The zero-order valence-corrected chi connectivity index (χ0v) is 11.0. The topological polar surface area (TPSA) is 29.9 Å². The number of nitrogens with zero attached hydrogens (tertiary/aromatic N) is 2. The first-order valence-electron chi connectivity index (χ1n) is 5.32. The van der Waals surface area contributed by atoms with Gasteiger partial charge in [0.2, 0.25) is 0 Å². The summed E-state index contributed by atoms with van der Waals surface area (Å²) in [6.07, 6.45) is 4.53. The van der Waals surface area contributed by atoms with Gasteiger partial charge in [0.25, 0.3) is 0 Å². The number of aromatic nitrogens is 2. The molecule has 0 aliphatic carbocycles. The third-order valence-corrected chi connectivity index (χ3v) is 3.17. The molecule has 3 nitrogen and oxygen atoms in total. The molecule has 0 atom stereocenters. The predicted molar refractivity (Wildman–Crippen MR) is 69.5 cm³/mol. The summed E-state index contributed by atoms with van der Waals surface area (Å²) in [5.41, 5.74) is 0.889. The molecule has 0 radical (unpaired) electrons. The summed E-state index contributed by atoms with van der Waals surface area (Å²) < 4.78 is 15.6. The Bertz CT molecular complexity index is 510. The SMILES string of the molecule is Cn1ccnc1CCNc1ccc(F)cc1Br. The van der Waals surface area contributed by atoms with E-state index in [4.69, 9.17) is 0 Å². The molecule has 1 heterocycles. The first-order chi connectivity index (χ1) is 8.16. The largest absolute Gasteiger partial charge is 0.384 e. The van der Waals surface area contributed by atoms with Crippen molar-refractivity contribution >= 4 is 21.6 Å². The summed E-state index contributed by atoms with van der Waals surface area (Å²) in [5.74, 6) is 0.780. The fraction of sp³-hybridized carbons (Fsp3) is 0.250. The van der Waals surface area contributed by atoms with Crippen LogP contribution in [0.5, 0.6) is 0 Å². The van der Waals surface area contributed by atoms with Crippen LogP contribution >= 0.6 is 15.9 Å². The highest BCUT2D eigenvalue weighted by atomic mass is 79.9. The van der Waals surface area contributed by atoms with Crippen molar-refractivity contribution < 1.29 is 4.39 Å². The van der Waals surface area contributed by atoms with E-state index in [1.54, 1.807) is 12.3 Å². The van der Waals surface area contributed by atoms with Crippen molar-refractivity contribution in [3.05, 3.63) is 46.7 Å². The molecule has 0 bridgehead atoms. The lowest BCUT2D eigenvalue weighted by atomic mass is 10.3. The van der Waals surface area contributed by atoms with Gasteiger partial charge in [-0.2, -0.15) is 0 Å². The molecule has 0 saturated carbocycles. The van der Waals surface area contributed by atoms with E-state index in [1.165, 1.54) is 12.1 Å². The van der Waals surface area contributed by atoms with Gasteiger partial charge in [0.05, 0.1) is 0 Å². The number of nitrogens with one attached hydrogen (secondary N) is 1. The van der Waals surface area contributed by atoms with Crippen LogP contribution in [0.15, 0.2) is 35.1 Å². The van der Waals surface area contributed by atoms with Gasteiger partial charge in [-0.3, -0.25) is 0 Å². The van der Waals surface area contributed by atoms with Crippen molar-refractivity contribution in [2.75, 3.05) is 11.9 Å². The van der Waals surface area contributed by atoms with Crippen LogP contribution in [-0.4, -0.2) is 16.1 Å². The maximum Gasteiger partial charge on any atom is 0.124 e. The number of halogens is 2. The normalized spacial score (nSPS) is 10.5. The second-order valence-electron chi connectivity index (χ2n) is 3.76. The van der Waals surface area contributed by atoms with Gasteiger partial charge in [-0.25, -0.2) is 9.37 Å². The minimum absolute atomic E-state index is 0.244. The lowest BCUT2D eigenvalue weighted by Crippen LogP contribution is -2.08. The van der Waals surface area contributed by atoms with Gasteiger partial charge >= 0.3 is 0 Å². The smallest absolute Gasteiger partial charge is 0.124 e. The molecule has 5 heteroatoms. The fourth-order valence-corrected chi connectivity index (χ4v) is 2.07. The van der Waals surface area contributed by atoms with Crippen LogP contribution in [0.1, 0.15) is 5.82 Å². The van der Waals surface area contributed by atoms with Crippen LogP contribution < -0.4 is 5.32 Å². The van der Waals surface area contributed by atoms with Crippen LogP contribution in [-0.2, 0) is 13.5 Å². The summed E-state index contributed by atoms with van der Waals surface area (Å²) in [6, 6.07) is 4.61. The molecule has 0 saturated heterocycles. The fourth-order valence-electron chi connectivity index (χ4n) is 1.58. The molecule has 0 amide bonds.